The van der Waals surface area contributed by atoms with Crippen molar-refractivity contribution in [2.45, 2.75) is 25.3 Å². The Morgan fingerprint density at radius 1 is 1.16 bits per heavy atom. The van der Waals surface area contributed by atoms with Gasteiger partial charge in [0.05, 0.1) is 0 Å². The van der Waals surface area contributed by atoms with Crippen molar-refractivity contribution >= 4 is 30.7 Å². The Morgan fingerprint density at radius 3 is 2.64 bits per heavy atom. The molecule has 0 radical (unpaired) electrons. The molecule has 3 N–H and O–H groups in total. The van der Waals surface area contributed by atoms with Crippen LogP contribution in [0.25, 0.3) is 0 Å². The monoisotopic (exact) mass is 383 g/mol. The van der Waals surface area contributed by atoms with Gasteiger partial charge in [0.1, 0.15) is 11.5 Å². The van der Waals surface area contributed by atoms with Crippen LogP contribution in [0.1, 0.15) is 29.6 Å². The lowest BCUT2D eigenvalue weighted by Gasteiger charge is -2.19. The molecule has 0 aliphatic heterocycles. The number of carbonyl (C=O) groups is 1. The Labute approximate surface area is 160 Å². The molecule has 1 aromatic carbocycles. The molecule has 136 valence electrons. The fraction of sp³-hybridized carbons (Fsp3) is 0.333. The maximum atomic E-state index is 12.4. The lowest BCUT2D eigenvalue weighted by Crippen LogP contribution is -2.39. The van der Waals surface area contributed by atoms with E-state index in [1.807, 2.05) is 12.1 Å². The lowest BCUT2D eigenvalue weighted by molar-refractivity contribution is 0.0928. The molecule has 1 amide bonds. The number of nitrogens with two attached hydrogens (primary N) is 1. The zero-order chi connectivity index (χ0) is 16.1. The number of hydrogen-bond donors (Lipinski definition) is 2. The molecule has 5 nitrogen and oxygen atoms in total. The van der Waals surface area contributed by atoms with Gasteiger partial charge in [-0.05, 0) is 55.6 Å². The standard InChI is InChI=1S/C18H21N3O2.2ClH/c19-12-14-4-2-6-17(14)21-18(22)13-3-1-5-16(11-13)23-15-7-9-20-10-8-15;;/h1,3,5,7-11,14,17H,2,4,6,12,19H2,(H,21,22);2*1H. The highest BCUT2D eigenvalue weighted by molar-refractivity contribution is 5.94. The number of ether oxygens (including phenoxy) is 1. The van der Waals surface area contributed by atoms with E-state index < -0.39 is 0 Å². The minimum absolute atomic E-state index is 0. The molecule has 0 spiro atoms. The molecule has 25 heavy (non-hydrogen) atoms. The number of hydrogen-bond acceptors (Lipinski definition) is 4. The normalized spacial score (nSPS) is 18.6. The molecule has 0 saturated heterocycles. The number of rotatable bonds is 5. The topological polar surface area (TPSA) is 77.2 Å². The van der Waals surface area contributed by atoms with Gasteiger partial charge in [0.15, 0.2) is 0 Å². The second-order valence-electron chi connectivity index (χ2n) is 5.82. The van der Waals surface area contributed by atoms with E-state index in [2.05, 4.69) is 10.3 Å². The average molecular weight is 384 g/mol. The Hall–Kier alpha value is -1.82. The Balaban J connectivity index is 0.00000156. The highest BCUT2D eigenvalue weighted by Crippen LogP contribution is 2.25. The van der Waals surface area contributed by atoms with E-state index in [0.29, 0.717) is 29.5 Å². The van der Waals surface area contributed by atoms with Crippen molar-refractivity contribution in [1.29, 1.82) is 0 Å². The number of nitrogens with one attached hydrogen (secondary N) is 1. The maximum absolute atomic E-state index is 12.4. The third kappa shape index (κ3) is 5.59. The average Bonchev–Trinajstić information content (AvgIpc) is 3.03. The van der Waals surface area contributed by atoms with Gasteiger partial charge in [-0.2, -0.15) is 0 Å². The first-order valence-electron chi connectivity index (χ1n) is 7.95. The summed E-state index contributed by atoms with van der Waals surface area (Å²) in [6, 6.07) is 10.9. The van der Waals surface area contributed by atoms with Crippen LogP contribution in [0.4, 0.5) is 0 Å². The summed E-state index contributed by atoms with van der Waals surface area (Å²) in [6.45, 7) is 0.621. The van der Waals surface area contributed by atoms with E-state index in [4.69, 9.17) is 10.5 Å². The highest BCUT2D eigenvalue weighted by atomic mass is 35.5. The number of benzene rings is 1. The summed E-state index contributed by atoms with van der Waals surface area (Å²) in [5, 5.41) is 3.10. The third-order valence-corrected chi connectivity index (χ3v) is 4.26. The summed E-state index contributed by atoms with van der Waals surface area (Å²) in [5.41, 5.74) is 6.37. The van der Waals surface area contributed by atoms with Gasteiger partial charge in [0.2, 0.25) is 0 Å². The summed E-state index contributed by atoms with van der Waals surface area (Å²) in [5.74, 6) is 1.63. The fourth-order valence-corrected chi connectivity index (χ4v) is 3.00. The van der Waals surface area contributed by atoms with Crippen molar-refractivity contribution in [3.05, 3.63) is 54.4 Å². The predicted molar refractivity (Wildman–Crippen MR) is 103 cm³/mol. The van der Waals surface area contributed by atoms with Gasteiger partial charge in [-0.15, -0.1) is 24.8 Å². The zero-order valence-corrected chi connectivity index (χ0v) is 15.4. The van der Waals surface area contributed by atoms with Crippen LogP contribution in [-0.4, -0.2) is 23.5 Å². The van der Waals surface area contributed by atoms with Crippen molar-refractivity contribution in [2.24, 2.45) is 11.7 Å². The van der Waals surface area contributed by atoms with Crippen molar-refractivity contribution in [3.63, 3.8) is 0 Å². The van der Waals surface area contributed by atoms with Gasteiger partial charge >= 0.3 is 0 Å². The zero-order valence-electron chi connectivity index (χ0n) is 13.8. The summed E-state index contributed by atoms with van der Waals surface area (Å²) in [7, 11) is 0. The maximum Gasteiger partial charge on any atom is 0.251 e. The van der Waals surface area contributed by atoms with E-state index in [9.17, 15) is 4.79 Å². The molecule has 2 atom stereocenters. The fourth-order valence-electron chi connectivity index (χ4n) is 3.00. The highest BCUT2D eigenvalue weighted by Gasteiger charge is 2.27. The molecular weight excluding hydrogens is 361 g/mol. The second-order valence-corrected chi connectivity index (χ2v) is 5.82. The third-order valence-electron chi connectivity index (χ3n) is 4.26. The number of aromatic nitrogens is 1. The quantitative estimate of drug-likeness (QED) is 0.826. The van der Waals surface area contributed by atoms with Gasteiger partial charge in [-0.1, -0.05) is 12.5 Å². The van der Waals surface area contributed by atoms with Crippen molar-refractivity contribution < 1.29 is 9.53 Å². The number of halogens is 2. The molecular formula is C18H23Cl2N3O2. The molecule has 7 heteroatoms. The van der Waals surface area contributed by atoms with Crippen LogP contribution in [0.5, 0.6) is 11.5 Å². The van der Waals surface area contributed by atoms with Crippen LogP contribution in [0, 0.1) is 5.92 Å². The summed E-state index contributed by atoms with van der Waals surface area (Å²) >= 11 is 0. The molecule has 0 bridgehead atoms. The molecule has 2 aromatic rings. The van der Waals surface area contributed by atoms with E-state index >= 15 is 0 Å². The van der Waals surface area contributed by atoms with Gasteiger partial charge in [-0.25, -0.2) is 0 Å². The van der Waals surface area contributed by atoms with E-state index in [1.165, 1.54) is 0 Å². The van der Waals surface area contributed by atoms with Crippen LogP contribution in [0.3, 0.4) is 0 Å². The Kier molecular flexibility index (Phi) is 8.69. The summed E-state index contributed by atoms with van der Waals surface area (Å²) < 4.78 is 5.74. The van der Waals surface area contributed by atoms with Crippen LogP contribution >= 0.6 is 24.8 Å². The van der Waals surface area contributed by atoms with Crippen LogP contribution < -0.4 is 15.8 Å². The van der Waals surface area contributed by atoms with Gasteiger partial charge < -0.3 is 15.8 Å². The van der Waals surface area contributed by atoms with Crippen LogP contribution in [0.2, 0.25) is 0 Å². The number of nitrogens with zero attached hydrogens (tertiary/aromatic N) is 1. The smallest absolute Gasteiger partial charge is 0.251 e. The lowest BCUT2D eigenvalue weighted by atomic mass is 10.0. The number of pyridine rings is 1. The van der Waals surface area contributed by atoms with Gasteiger partial charge in [0.25, 0.3) is 5.91 Å². The summed E-state index contributed by atoms with van der Waals surface area (Å²) in [4.78, 5) is 16.4. The van der Waals surface area contributed by atoms with Gasteiger partial charge in [0, 0.05) is 24.0 Å². The molecule has 3 rings (SSSR count). The minimum Gasteiger partial charge on any atom is -0.457 e. The largest absolute Gasteiger partial charge is 0.457 e. The van der Waals surface area contributed by atoms with E-state index in [0.717, 1.165) is 19.3 Å². The molecule has 2 unspecified atom stereocenters. The minimum atomic E-state index is -0.0736. The van der Waals surface area contributed by atoms with Crippen molar-refractivity contribution in [2.75, 3.05) is 6.54 Å². The predicted octanol–water partition coefficient (Wildman–Crippen LogP) is 3.57. The van der Waals surface area contributed by atoms with Crippen LogP contribution in [0.15, 0.2) is 48.8 Å². The molecule has 1 saturated carbocycles. The van der Waals surface area contributed by atoms with Gasteiger partial charge in [-0.3, -0.25) is 9.78 Å². The number of carbonyl (C=O) groups excluding carboxylic acids is 1. The Morgan fingerprint density at radius 2 is 1.92 bits per heavy atom. The molecule has 1 aromatic heterocycles. The first kappa shape index (κ1) is 21.2. The first-order valence-corrected chi connectivity index (χ1v) is 7.95. The number of amides is 1. The first-order chi connectivity index (χ1) is 11.3. The van der Waals surface area contributed by atoms with Crippen molar-refractivity contribution in [3.8, 4) is 11.5 Å². The molecule has 1 aliphatic rings. The SMILES string of the molecule is Cl.Cl.NCC1CCCC1NC(=O)c1cccc(Oc2ccncc2)c1. The molecule has 1 aliphatic carbocycles. The molecule has 1 fully saturated rings. The second kappa shape index (κ2) is 10.2. The molecule has 1 heterocycles. The van der Waals surface area contributed by atoms with E-state index in [1.54, 1.807) is 36.7 Å². The Bertz CT molecular complexity index is 670. The van der Waals surface area contributed by atoms with E-state index in [-0.39, 0.29) is 36.8 Å². The van der Waals surface area contributed by atoms with Crippen molar-refractivity contribution in [1.82, 2.24) is 10.3 Å². The van der Waals surface area contributed by atoms with Crippen LogP contribution in [-0.2, 0) is 0 Å². The summed E-state index contributed by atoms with van der Waals surface area (Å²) in [6.07, 6.45) is 6.54.